The highest BCUT2D eigenvalue weighted by Crippen LogP contribution is 2.14. The third kappa shape index (κ3) is 19.0. The fraction of sp³-hybridized carbons (Fsp3) is 0.476. The second-order valence-corrected chi connectivity index (χ2v) is 18.8. The smallest absolute Gasteiger partial charge is 0.218 e. The second-order valence-electron chi connectivity index (χ2n) is 14.9. The van der Waals surface area contributed by atoms with Gasteiger partial charge >= 0.3 is 0 Å². The molecule has 0 saturated heterocycles. The van der Waals surface area contributed by atoms with E-state index in [9.17, 15) is 27.0 Å². The monoisotopic (exact) mass is 810 g/mol. The number of aliphatic hydroxyl groups excluding tert-OH is 2. The van der Waals surface area contributed by atoms with Gasteiger partial charge in [0.2, 0.25) is 20.0 Å². The van der Waals surface area contributed by atoms with Crippen LogP contribution in [-0.4, -0.2) is 140 Å². The second kappa shape index (κ2) is 24.2. The van der Waals surface area contributed by atoms with Gasteiger partial charge in [0.1, 0.15) is 0 Å². The predicted octanol–water partition coefficient (Wildman–Crippen LogP) is 3.83. The lowest BCUT2D eigenvalue weighted by atomic mass is 10.1. The highest BCUT2D eigenvalue weighted by atomic mass is 32.2. The van der Waals surface area contributed by atoms with Crippen LogP contribution in [0.15, 0.2) is 110 Å². The molecule has 0 aliphatic carbocycles. The molecule has 0 saturated carbocycles. The quantitative estimate of drug-likeness (QED) is 0.113. The molecule has 4 aromatic rings. The predicted molar refractivity (Wildman–Crippen MR) is 225 cm³/mol. The van der Waals surface area contributed by atoms with Gasteiger partial charge in [0.25, 0.3) is 0 Å². The largest absolute Gasteiger partial charge is 0.390 e. The molecule has 2 heterocycles. The number of hydrogen-bond acceptors (Lipinski definition) is 10. The van der Waals surface area contributed by atoms with Gasteiger partial charge < -0.3 is 20.0 Å². The first-order chi connectivity index (χ1) is 26.6. The van der Waals surface area contributed by atoms with Gasteiger partial charge in [0.05, 0.1) is 24.2 Å². The first-order valence-corrected chi connectivity index (χ1v) is 22.6. The van der Waals surface area contributed by atoms with Crippen LogP contribution >= 0.6 is 0 Å². The maximum absolute atomic E-state index is 13.0. The van der Waals surface area contributed by atoms with Crippen LogP contribution in [0.4, 0.5) is 0 Å². The minimum Gasteiger partial charge on any atom is -0.390 e. The van der Waals surface area contributed by atoms with Crippen LogP contribution in [-0.2, 0) is 45.1 Å². The van der Waals surface area contributed by atoms with Crippen LogP contribution in [0.1, 0.15) is 36.1 Å². The van der Waals surface area contributed by atoms with E-state index in [1.54, 1.807) is 12.4 Å². The average molecular weight is 811 g/mol. The molecule has 2 N–H and O–H groups in total. The first-order valence-electron chi connectivity index (χ1n) is 19.1. The molecule has 0 amide bonds. The van der Waals surface area contributed by atoms with Crippen molar-refractivity contribution >= 4 is 20.0 Å². The van der Waals surface area contributed by atoms with Gasteiger partial charge in [0.15, 0.2) is 0 Å². The Kier molecular flexibility index (Phi) is 20.2. The van der Waals surface area contributed by atoms with Crippen LogP contribution in [0.25, 0.3) is 0 Å². The summed E-state index contributed by atoms with van der Waals surface area (Å²) in [4.78, 5) is 12.2. The van der Waals surface area contributed by atoms with E-state index in [0.717, 1.165) is 48.2 Å². The molecule has 0 spiro atoms. The van der Waals surface area contributed by atoms with Crippen LogP contribution in [0.3, 0.4) is 0 Å². The van der Waals surface area contributed by atoms with E-state index in [2.05, 4.69) is 9.97 Å². The normalized spacial score (nSPS) is 13.3. The first kappa shape index (κ1) is 46.8. The molecule has 56 heavy (non-hydrogen) atoms. The van der Waals surface area contributed by atoms with Crippen molar-refractivity contribution in [3.8, 4) is 0 Å². The van der Waals surface area contributed by atoms with E-state index >= 15 is 0 Å². The molecule has 0 aliphatic rings. The Balaban J connectivity index is 0.000000301. The SMILES string of the molecule is CC(C)CN(CC(O)CN(C)CCc1cccnc1)S(=O)(=O)Cc1ccccc1.CN(CCc1cccnc1)CC(O)CN(CCc1ccccc1)S(C)(=O)=O. The highest BCUT2D eigenvalue weighted by molar-refractivity contribution is 7.88. The molecule has 2 atom stereocenters. The maximum atomic E-state index is 13.0. The lowest BCUT2D eigenvalue weighted by Crippen LogP contribution is -2.44. The number of benzene rings is 2. The zero-order chi connectivity index (χ0) is 41.0. The number of aliphatic hydroxyl groups is 2. The van der Waals surface area contributed by atoms with Crippen molar-refractivity contribution in [1.29, 1.82) is 0 Å². The highest BCUT2D eigenvalue weighted by Gasteiger charge is 2.26. The molecule has 14 heteroatoms. The minimum atomic E-state index is -3.51. The summed E-state index contributed by atoms with van der Waals surface area (Å²) in [5.41, 5.74) is 4.11. The summed E-state index contributed by atoms with van der Waals surface area (Å²) < 4.78 is 52.9. The Morgan fingerprint density at radius 2 is 0.982 bits per heavy atom. The Morgan fingerprint density at radius 1 is 0.554 bits per heavy atom. The lowest BCUT2D eigenvalue weighted by molar-refractivity contribution is 0.103. The molecule has 4 rings (SSSR count). The Morgan fingerprint density at radius 3 is 1.41 bits per heavy atom. The topological polar surface area (TPSA) is 147 Å². The van der Waals surface area contributed by atoms with Gasteiger partial charge in [-0.25, -0.2) is 16.8 Å². The van der Waals surface area contributed by atoms with E-state index < -0.39 is 32.3 Å². The van der Waals surface area contributed by atoms with E-state index in [4.69, 9.17) is 0 Å². The van der Waals surface area contributed by atoms with Crippen molar-refractivity contribution in [2.75, 3.05) is 72.7 Å². The molecule has 0 bridgehead atoms. The summed E-state index contributed by atoms with van der Waals surface area (Å²) >= 11 is 0. The molecular weight excluding hydrogens is 749 g/mol. The molecule has 0 radical (unpaired) electrons. The summed E-state index contributed by atoms with van der Waals surface area (Å²) in [7, 11) is -3.02. The fourth-order valence-corrected chi connectivity index (χ4v) is 8.68. The molecular formula is C42H62N6O6S2. The summed E-state index contributed by atoms with van der Waals surface area (Å²) in [6.45, 7) is 7.29. The van der Waals surface area contributed by atoms with Crippen molar-refractivity contribution < 1.29 is 27.0 Å². The Hall–Kier alpha value is -3.60. The van der Waals surface area contributed by atoms with Gasteiger partial charge in [-0.2, -0.15) is 8.61 Å². The number of aromatic nitrogens is 2. The van der Waals surface area contributed by atoms with Crippen molar-refractivity contribution in [2.45, 2.75) is 51.1 Å². The fourth-order valence-electron chi connectivity index (χ4n) is 6.10. The van der Waals surface area contributed by atoms with E-state index in [-0.39, 0.29) is 24.8 Å². The van der Waals surface area contributed by atoms with Crippen molar-refractivity contribution in [3.05, 3.63) is 132 Å². The van der Waals surface area contributed by atoms with Crippen LogP contribution < -0.4 is 0 Å². The third-order valence-electron chi connectivity index (χ3n) is 9.00. The summed E-state index contributed by atoms with van der Waals surface area (Å²) in [6.07, 6.45) is 9.15. The maximum Gasteiger partial charge on any atom is 0.218 e. The van der Waals surface area contributed by atoms with E-state index in [1.165, 1.54) is 14.9 Å². The molecule has 0 fully saturated rings. The number of pyridine rings is 2. The van der Waals surface area contributed by atoms with E-state index in [1.807, 2.05) is 135 Å². The molecule has 0 aliphatic heterocycles. The zero-order valence-electron chi connectivity index (χ0n) is 33.6. The molecule has 2 unspecified atom stereocenters. The van der Waals surface area contributed by atoms with Gasteiger partial charge in [-0.1, -0.05) is 86.6 Å². The molecule has 2 aromatic heterocycles. The van der Waals surface area contributed by atoms with Gasteiger partial charge in [-0.15, -0.1) is 0 Å². The lowest BCUT2D eigenvalue weighted by Gasteiger charge is -2.28. The average Bonchev–Trinajstić information content (AvgIpc) is 3.15. The summed E-state index contributed by atoms with van der Waals surface area (Å²) in [5.74, 6) is 0.125. The standard InChI is InChI=1S/C22H33N3O3S.C20H29N3O3S/c1-19(2)15-25(29(27,28)18-21-8-5-4-6-9-21)17-22(26)16-24(3)13-11-20-10-7-12-23-14-20;1-22(13-10-19-9-6-12-21-15-19)16-20(24)17-23(27(2,25)26)14-11-18-7-4-3-5-8-18/h4-10,12,14,19,22,26H,11,13,15-18H2,1-3H3;3-9,12,15,20,24H,10-11,13-14,16-17H2,1-2H3. The Bertz CT molecular complexity index is 1860. The van der Waals surface area contributed by atoms with Crippen molar-refractivity contribution in [2.24, 2.45) is 5.92 Å². The number of hydrogen-bond donors (Lipinski definition) is 2. The van der Waals surface area contributed by atoms with Crippen LogP contribution in [0.2, 0.25) is 0 Å². The van der Waals surface area contributed by atoms with Gasteiger partial charge in [-0.3, -0.25) is 9.97 Å². The number of sulfonamides is 2. The van der Waals surface area contributed by atoms with Gasteiger partial charge in [-0.05, 0) is 73.7 Å². The number of likely N-dealkylation sites (N-methyl/N-ethyl adjacent to an activating group) is 2. The van der Waals surface area contributed by atoms with Crippen molar-refractivity contribution in [3.63, 3.8) is 0 Å². The summed E-state index contributed by atoms with van der Waals surface area (Å²) in [5, 5.41) is 21.0. The molecule has 2 aromatic carbocycles. The molecule has 12 nitrogen and oxygen atoms in total. The zero-order valence-corrected chi connectivity index (χ0v) is 35.3. The Labute approximate surface area is 335 Å². The third-order valence-corrected chi connectivity index (χ3v) is 12.1. The minimum absolute atomic E-state index is 0.0515. The number of nitrogens with zero attached hydrogens (tertiary/aromatic N) is 6. The van der Waals surface area contributed by atoms with Gasteiger partial charge in [0, 0.05) is 77.1 Å². The van der Waals surface area contributed by atoms with Crippen LogP contribution in [0, 0.1) is 5.92 Å². The van der Waals surface area contributed by atoms with E-state index in [0.29, 0.717) is 32.6 Å². The summed E-state index contributed by atoms with van der Waals surface area (Å²) in [6, 6.07) is 26.8. The van der Waals surface area contributed by atoms with Crippen LogP contribution in [0.5, 0.6) is 0 Å². The number of rotatable bonds is 23. The molecule has 308 valence electrons. The van der Waals surface area contributed by atoms with Crippen molar-refractivity contribution in [1.82, 2.24) is 28.4 Å².